The van der Waals surface area contributed by atoms with Gasteiger partial charge in [0.05, 0.1) is 0 Å². The summed E-state index contributed by atoms with van der Waals surface area (Å²) in [5.41, 5.74) is 4.97. The van der Waals surface area contributed by atoms with Crippen molar-refractivity contribution in [3.05, 3.63) is 30.1 Å². The first-order valence-corrected chi connectivity index (χ1v) is 4.84. The Morgan fingerprint density at radius 1 is 1.38 bits per heavy atom. The summed E-state index contributed by atoms with van der Waals surface area (Å²) in [4.78, 5) is 11.3. The summed E-state index contributed by atoms with van der Waals surface area (Å²) in [7, 11) is 0. The number of carbonyl (C=O) groups is 1. The van der Waals surface area contributed by atoms with Gasteiger partial charge < -0.3 is 5.73 Å². The van der Waals surface area contributed by atoms with Crippen LogP contribution in [0, 0.1) is 5.82 Å². The Kier molecular flexibility index (Phi) is 3.76. The first-order chi connectivity index (χ1) is 6.18. The topological polar surface area (TPSA) is 43.1 Å². The molecule has 0 saturated carbocycles. The van der Waals surface area contributed by atoms with Gasteiger partial charge in [0, 0.05) is 17.1 Å². The lowest BCUT2D eigenvalue weighted by atomic mass is 10.4. The van der Waals surface area contributed by atoms with Crippen molar-refractivity contribution in [3.63, 3.8) is 0 Å². The van der Waals surface area contributed by atoms with E-state index in [1.165, 1.54) is 23.9 Å². The van der Waals surface area contributed by atoms with Gasteiger partial charge in [0.25, 0.3) is 0 Å². The Morgan fingerprint density at radius 3 is 2.54 bits per heavy atom. The van der Waals surface area contributed by atoms with Crippen molar-refractivity contribution in [2.75, 3.05) is 5.75 Å². The predicted molar refractivity (Wildman–Crippen MR) is 50.9 cm³/mol. The minimum atomic E-state index is -0.311. The van der Waals surface area contributed by atoms with Gasteiger partial charge in [-0.05, 0) is 24.3 Å². The molecule has 70 valence electrons. The molecule has 0 saturated heterocycles. The first kappa shape index (κ1) is 10.1. The number of benzene rings is 1. The Bertz CT molecular complexity index is 286. The van der Waals surface area contributed by atoms with E-state index >= 15 is 0 Å². The number of amides is 1. The molecule has 13 heavy (non-hydrogen) atoms. The fraction of sp³-hybridized carbons (Fsp3) is 0.222. The van der Waals surface area contributed by atoms with Gasteiger partial charge >= 0.3 is 0 Å². The molecule has 0 heterocycles. The third-order valence-electron chi connectivity index (χ3n) is 1.43. The predicted octanol–water partition coefficient (Wildman–Crippen LogP) is 1.79. The third kappa shape index (κ3) is 3.94. The summed E-state index contributed by atoms with van der Waals surface area (Å²) >= 11 is 1.49. The highest BCUT2D eigenvalue weighted by molar-refractivity contribution is 7.99. The van der Waals surface area contributed by atoms with Gasteiger partial charge in [-0.3, -0.25) is 4.79 Å². The Hall–Kier alpha value is -1.03. The van der Waals surface area contributed by atoms with Crippen LogP contribution in [0.4, 0.5) is 4.39 Å². The van der Waals surface area contributed by atoms with E-state index in [1.807, 2.05) is 0 Å². The van der Waals surface area contributed by atoms with Crippen molar-refractivity contribution in [1.82, 2.24) is 0 Å². The Balaban J connectivity index is 2.37. The normalized spacial score (nSPS) is 9.92. The lowest BCUT2D eigenvalue weighted by Crippen LogP contribution is -2.10. The zero-order valence-electron chi connectivity index (χ0n) is 7.00. The van der Waals surface area contributed by atoms with Gasteiger partial charge in [-0.1, -0.05) is 0 Å². The van der Waals surface area contributed by atoms with Gasteiger partial charge in [-0.25, -0.2) is 4.39 Å². The molecular formula is C9H10FNOS. The molecule has 0 aliphatic carbocycles. The third-order valence-corrected chi connectivity index (χ3v) is 2.44. The lowest BCUT2D eigenvalue weighted by molar-refractivity contribution is -0.117. The monoisotopic (exact) mass is 199 g/mol. The van der Waals surface area contributed by atoms with E-state index in [-0.39, 0.29) is 11.7 Å². The first-order valence-electron chi connectivity index (χ1n) is 3.85. The maximum Gasteiger partial charge on any atom is 0.218 e. The number of carbonyl (C=O) groups excluding carboxylic acids is 1. The number of thioether (sulfide) groups is 1. The summed E-state index contributed by atoms with van der Waals surface area (Å²) in [6, 6.07) is 6.15. The maximum atomic E-state index is 12.5. The van der Waals surface area contributed by atoms with E-state index in [2.05, 4.69) is 0 Å². The molecule has 0 radical (unpaired) electrons. The van der Waals surface area contributed by atoms with Crippen LogP contribution in [0.15, 0.2) is 29.2 Å². The van der Waals surface area contributed by atoms with E-state index < -0.39 is 0 Å². The second kappa shape index (κ2) is 4.87. The largest absolute Gasteiger partial charge is 0.370 e. The fourth-order valence-corrected chi connectivity index (χ4v) is 1.67. The molecule has 1 aromatic rings. The molecule has 1 aromatic carbocycles. The highest BCUT2D eigenvalue weighted by Crippen LogP contribution is 2.18. The molecule has 0 fully saturated rings. The van der Waals surface area contributed by atoms with Crippen molar-refractivity contribution >= 4 is 17.7 Å². The highest BCUT2D eigenvalue weighted by Gasteiger charge is 1.97. The van der Waals surface area contributed by atoms with E-state index in [0.717, 1.165) is 4.90 Å². The van der Waals surface area contributed by atoms with Crippen LogP contribution in [-0.2, 0) is 4.79 Å². The molecule has 0 bridgehead atoms. The van der Waals surface area contributed by atoms with Gasteiger partial charge in [-0.15, -0.1) is 11.8 Å². The van der Waals surface area contributed by atoms with Crippen LogP contribution >= 0.6 is 11.8 Å². The zero-order chi connectivity index (χ0) is 9.68. The van der Waals surface area contributed by atoms with Crippen molar-refractivity contribution in [3.8, 4) is 0 Å². The minimum Gasteiger partial charge on any atom is -0.370 e. The van der Waals surface area contributed by atoms with E-state index in [9.17, 15) is 9.18 Å². The van der Waals surface area contributed by atoms with Crippen LogP contribution in [0.5, 0.6) is 0 Å². The molecule has 0 aliphatic rings. The number of hydrogen-bond acceptors (Lipinski definition) is 2. The summed E-state index contributed by atoms with van der Waals surface area (Å²) in [6.45, 7) is 0. The Labute approximate surface area is 80.3 Å². The number of primary amides is 1. The van der Waals surface area contributed by atoms with Crippen LogP contribution in [0.3, 0.4) is 0 Å². The number of hydrogen-bond donors (Lipinski definition) is 1. The molecule has 0 aliphatic heterocycles. The smallest absolute Gasteiger partial charge is 0.218 e. The van der Waals surface area contributed by atoms with Gasteiger partial charge in [0.2, 0.25) is 5.91 Å². The standard InChI is InChI=1S/C9H10FNOS/c10-7-1-3-8(4-2-7)13-6-5-9(11)12/h1-4H,5-6H2,(H2,11,12). The van der Waals surface area contributed by atoms with Crippen LogP contribution in [0.1, 0.15) is 6.42 Å². The van der Waals surface area contributed by atoms with Crippen molar-refractivity contribution in [2.45, 2.75) is 11.3 Å². The molecule has 0 unspecified atom stereocenters. The SMILES string of the molecule is NC(=O)CCSc1ccc(F)cc1. The summed E-state index contributed by atoms with van der Waals surface area (Å²) in [6.07, 6.45) is 0.349. The average molecular weight is 199 g/mol. The molecule has 0 spiro atoms. The van der Waals surface area contributed by atoms with E-state index in [4.69, 9.17) is 5.73 Å². The van der Waals surface area contributed by atoms with Crippen LogP contribution < -0.4 is 5.73 Å². The number of nitrogens with two attached hydrogens (primary N) is 1. The molecule has 2 N–H and O–H groups in total. The second-order valence-electron chi connectivity index (χ2n) is 2.52. The molecule has 0 aromatic heterocycles. The number of halogens is 1. The van der Waals surface area contributed by atoms with E-state index in [1.54, 1.807) is 12.1 Å². The fourth-order valence-electron chi connectivity index (χ4n) is 0.800. The highest BCUT2D eigenvalue weighted by atomic mass is 32.2. The molecule has 4 heteroatoms. The van der Waals surface area contributed by atoms with E-state index in [0.29, 0.717) is 12.2 Å². The summed E-state index contributed by atoms with van der Waals surface area (Å²) in [5, 5.41) is 0. The molecular weight excluding hydrogens is 189 g/mol. The Morgan fingerprint density at radius 2 is 2.00 bits per heavy atom. The summed E-state index contributed by atoms with van der Waals surface area (Å²) < 4.78 is 12.5. The van der Waals surface area contributed by atoms with Crippen molar-refractivity contribution in [2.24, 2.45) is 5.73 Å². The molecule has 0 atom stereocenters. The van der Waals surface area contributed by atoms with Crippen LogP contribution in [0.25, 0.3) is 0 Å². The number of rotatable bonds is 4. The molecule has 2 nitrogen and oxygen atoms in total. The van der Waals surface area contributed by atoms with Crippen LogP contribution in [-0.4, -0.2) is 11.7 Å². The van der Waals surface area contributed by atoms with Gasteiger partial charge in [0.1, 0.15) is 5.82 Å². The van der Waals surface area contributed by atoms with Crippen molar-refractivity contribution < 1.29 is 9.18 Å². The quantitative estimate of drug-likeness (QED) is 0.751. The minimum absolute atomic E-state index is 0.251. The second-order valence-corrected chi connectivity index (χ2v) is 3.69. The molecule has 1 amide bonds. The zero-order valence-corrected chi connectivity index (χ0v) is 7.81. The molecule has 1 rings (SSSR count). The van der Waals surface area contributed by atoms with Gasteiger partial charge in [0.15, 0.2) is 0 Å². The lowest BCUT2D eigenvalue weighted by Gasteiger charge is -1.98. The van der Waals surface area contributed by atoms with Crippen molar-refractivity contribution in [1.29, 1.82) is 0 Å². The van der Waals surface area contributed by atoms with Crippen LogP contribution in [0.2, 0.25) is 0 Å². The van der Waals surface area contributed by atoms with Gasteiger partial charge in [-0.2, -0.15) is 0 Å². The summed E-state index contributed by atoms with van der Waals surface area (Å²) in [5.74, 6) is 0.0786. The maximum absolute atomic E-state index is 12.5. The average Bonchev–Trinajstić information content (AvgIpc) is 2.08.